The van der Waals surface area contributed by atoms with Crippen LogP contribution in [0, 0.1) is 5.82 Å². The molecule has 0 radical (unpaired) electrons. The highest BCUT2D eigenvalue weighted by Gasteiger charge is 2.32. The Morgan fingerprint density at radius 2 is 1.59 bits per heavy atom. The molecule has 1 amide bonds. The lowest BCUT2D eigenvalue weighted by molar-refractivity contribution is -0.148. The SMILES string of the molecule is COC(=O)C(c1ccc(Cl)cc1)N1CCN(CC(=O)N2CCN(c3ccccc3F)CC2)CC1. The first-order chi connectivity index (χ1) is 16.5. The van der Waals surface area contributed by atoms with Crippen molar-refractivity contribution in [2.75, 3.05) is 70.9 Å². The highest BCUT2D eigenvalue weighted by atomic mass is 35.5. The molecule has 0 aliphatic carbocycles. The predicted octanol–water partition coefficient (Wildman–Crippen LogP) is 2.66. The van der Waals surface area contributed by atoms with Gasteiger partial charge in [0, 0.05) is 57.4 Å². The molecular weight excluding hydrogens is 459 g/mol. The average molecular weight is 489 g/mol. The zero-order valence-corrected chi connectivity index (χ0v) is 20.1. The largest absolute Gasteiger partial charge is 0.468 e. The molecule has 0 N–H and O–H groups in total. The van der Waals surface area contributed by atoms with Crippen LogP contribution in [0.15, 0.2) is 48.5 Å². The summed E-state index contributed by atoms with van der Waals surface area (Å²) in [4.78, 5) is 33.5. The fraction of sp³-hybridized carbons (Fsp3) is 0.440. The Bertz CT molecular complexity index is 990. The number of carbonyl (C=O) groups excluding carboxylic acids is 2. The molecule has 0 saturated carbocycles. The van der Waals surface area contributed by atoms with E-state index in [-0.39, 0.29) is 17.7 Å². The lowest BCUT2D eigenvalue weighted by Gasteiger charge is -2.40. The summed E-state index contributed by atoms with van der Waals surface area (Å²) in [6, 6.07) is 13.5. The predicted molar refractivity (Wildman–Crippen MR) is 129 cm³/mol. The molecule has 0 bridgehead atoms. The Morgan fingerprint density at radius 1 is 0.941 bits per heavy atom. The van der Waals surface area contributed by atoms with Gasteiger partial charge in [-0.25, -0.2) is 9.18 Å². The minimum Gasteiger partial charge on any atom is -0.468 e. The summed E-state index contributed by atoms with van der Waals surface area (Å²) in [6.07, 6.45) is 0. The Morgan fingerprint density at radius 3 is 2.21 bits per heavy atom. The maximum Gasteiger partial charge on any atom is 0.327 e. The second-order valence-corrected chi connectivity index (χ2v) is 9.05. The lowest BCUT2D eigenvalue weighted by atomic mass is 10.0. The smallest absolute Gasteiger partial charge is 0.327 e. The highest BCUT2D eigenvalue weighted by Crippen LogP contribution is 2.25. The van der Waals surface area contributed by atoms with Gasteiger partial charge in [-0.2, -0.15) is 0 Å². The molecule has 9 heteroatoms. The van der Waals surface area contributed by atoms with Crippen molar-refractivity contribution in [1.29, 1.82) is 0 Å². The Balaban J connectivity index is 1.28. The third kappa shape index (κ3) is 5.68. The number of anilines is 1. The van der Waals surface area contributed by atoms with Gasteiger partial charge in [0.1, 0.15) is 11.9 Å². The molecule has 1 atom stereocenters. The van der Waals surface area contributed by atoms with E-state index in [1.807, 2.05) is 28.0 Å². The number of ether oxygens (including phenoxy) is 1. The van der Waals surface area contributed by atoms with Gasteiger partial charge < -0.3 is 14.5 Å². The van der Waals surface area contributed by atoms with Gasteiger partial charge in [0.15, 0.2) is 0 Å². The van der Waals surface area contributed by atoms with Crippen LogP contribution in [0.1, 0.15) is 11.6 Å². The summed E-state index contributed by atoms with van der Waals surface area (Å²) in [5, 5.41) is 0.616. The number of hydrogen-bond acceptors (Lipinski definition) is 6. The van der Waals surface area contributed by atoms with E-state index in [0.29, 0.717) is 69.6 Å². The minimum absolute atomic E-state index is 0.0869. The first-order valence-corrected chi connectivity index (χ1v) is 11.9. The molecular formula is C25H30ClFN4O3. The van der Waals surface area contributed by atoms with Crippen molar-refractivity contribution in [3.8, 4) is 0 Å². The molecule has 2 aliphatic rings. The lowest BCUT2D eigenvalue weighted by Crippen LogP contribution is -2.54. The summed E-state index contributed by atoms with van der Waals surface area (Å²) in [7, 11) is 1.39. The van der Waals surface area contributed by atoms with E-state index in [1.54, 1.807) is 24.3 Å². The molecule has 2 aromatic rings. The van der Waals surface area contributed by atoms with E-state index in [4.69, 9.17) is 16.3 Å². The Labute approximate surface area is 204 Å². The minimum atomic E-state index is -0.494. The van der Waals surface area contributed by atoms with Crippen LogP contribution in [0.4, 0.5) is 10.1 Å². The Hall–Kier alpha value is -2.68. The first kappa shape index (κ1) is 24.4. The maximum atomic E-state index is 14.1. The van der Waals surface area contributed by atoms with Crippen LogP contribution in [0.3, 0.4) is 0 Å². The number of nitrogens with zero attached hydrogens (tertiary/aromatic N) is 4. The normalized spacial score (nSPS) is 18.6. The number of piperazine rings is 2. The van der Waals surface area contributed by atoms with E-state index < -0.39 is 6.04 Å². The second-order valence-electron chi connectivity index (χ2n) is 8.61. The number of halogens is 2. The van der Waals surface area contributed by atoms with E-state index in [2.05, 4.69) is 9.80 Å². The summed E-state index contributed by atoms with van der Waals surface area (Å²) >= 11 is 6.00. The van der Waals surface area contributed by atoms with Crippen LogP contribution >= 0.6 is 11.6 Å². The molecule has 2 heterocycles. The fourth-order valence-electron chi connectivity index (χ4n) is 4.63. The molecule has 4 rings (SSSR count). The van der Waals surface area contributed by atoms with Gasteiger partial charge in [0.25, 0.3) is 0 Å². The van der Waals surface area contributed by atoms with Crippen LogP contribution in [-0.2, 0) is 14.3 Å². The molecule has 182 valence electrons. The van der Waals surface area contributed by atoms with Crippen LogP contribution in [0.25, 0.3) is 0 Å². The highest BCUT2D eigenvalue weighted by molar-refractivity contribution is 6.30. The van der Waals surface area contributed by atoms with E-state index in [1.165, 1.54) is 13.2 Å². The number of esters is 1. The summed E-state index contributed by atoms with van der Waals surface area (Å²) in [5.41, 5.74) is 1.43. The quantitative estimate of drug-likeness (QED) is 0.583. The van der Waals surface area contributed by atoms with E-state index in [9.17, 15) is 14.0 Å². The summed E-state index contributed by atoms with van der Waals surface area (Å²) in [6.45, 7) is 5.39. The van der Waals surface area contributed by atoms with Gasteiger partial charge in [-0.05, 0) is 29.8 Å². The summed E-state index contributed by atoms with van der Waals surface area (Å²) in [5.74, 6) is -0.451. The van der Waals surface area contributed by atoms with Crippen LogP contribution in [0.2, 0.25) is 5.02 Å². The number of hydrogen-bond donors (Lipinski definition) is 0. The number of rotatable bonds is 6. The van der Waals surface area contributed by atoms with Crippen molar-refractivity contribution in [2.24, 2.45) is 0 Å². The number of methoxy groups -OCH3 is 1. The van der Waals surface area contributed by atoms with Crippen molar-refractivity contribution < 1.29 is 18.7 Å². The first-order valence-electron chi connectivity index (χ1n) is 11.5. The molecule has 0 spiro atoms. The van der Waals surface area contributed by atoms with Gasteiger partial charge in [0.05, 0.1) is 19.3 Å². The molecule has 1 unspecified atom stereocenters. The van der Waals surface area contributed by atoms with Gasteiger partial charge in [0.2, 0.25) is 5.91 Å². The zero-order valence-electron chi connectivity index (χ0n) is 19.3. The molecule has 2 aromatic carbocycles. The molecule has 0 aromatic heterocycles. The third-order valence-electron chi connectivity index (χ3n) is 6.57. The summed E-state index contributed by atoms with van der Waals surface area (Å²) < 4.78 is 19.1. The topological polar surface area (TPSA) is 56.3 Å². The number of carbonyl (C=O) groups is 2. The van der Waals surface area contributed by atoms with Gasteiger partial charge in [-0.1, -0.05) is 35.9 Å². The molecule has 34 heavy (non-hydrogen) atoms. The molecule has 2 saturated heterocycles. The molecule has 2 aliphatic heterocycles. The maximum absolute atomic E-state index is 14.1. The van der Waals surface area contributed by atoms with Gasteiger partial charge in [-0.15, -0.1) is 0 Å². The average Bonchev–Trinajstić information content (AvgIpc) is 2.86. The monoisotopic (exact) mass is 488 g/mol. The van der Waals surface area contributed by atoms with Crippen molar-refractivity contribution in [3.05, 3.63) is 64.9 Å². The van der Waals surface area contributed by atoms with Crippen LogP contribution in [-0.4, -0.2) is 92.6 Å². The van der Waals surface area contributed by atoms with Gasteiger partial charge in [-0.3, -0.25) is 14.6 Å². The fourth-order valence-corrected chi connectivity index (χ4v) is 4.75. The number of amides is 1. The van der Waals surface area contributed by atoms with Crippen molar-refractivity contribution in [2.45, 2.75) is 6.04 Å². The third-order valence-corrected chi connectivity index (χ3v) is 6.82. The van der Waals surface area contributed by atoms with E-state index in [0.717, 1.165) is 5.56 Å². The van der Waals surface area contributed by atoms with Crippen LogP contribution in [0.5, 0.6) is 0 Å². The van der Waals surface area contributed by atoms with Crippen molar-refractivity contribution in [1.82, 2.24) is 14.7 Å². The van der Waals surface area contributed by atoms with Crippen molar-refractivity contribution >= 4 is 29.2 Å². The second kappa shape index (κ2) is 11.2. The zero-order chi connectivity index (χ0) is 24.1. The van der Waals surface area contributed by atoms with Crippen molar-refractivity contribution in [3.63, 3.8) is 0 Å². The van der Waals surface area contributed by atoms with E-state index >= 15 is 0 Å². The number of benzene rings is 2. The number of para-hydroxylation sites is 1. The van der Waals surface area contributed by atoms with Gasteiger partial charge >= 0.3 is 5.97 Å². The van der Waals surface area contributed by atoms with Crippen LogP contribution < -0.4 is 4.90 Å². The molecule has 2 fully saturated rings. The standard InChI is InChI=1S/C25H30ClFN4O3/c1-34-25(33)24(19-6-8-20(26)9-7-19)31-12-10-28(11-13-31)18-23(32)30-16-14-29(15-17-30)22-5-3-2-4-21(22)27/h2-9,24H,10-18H2,1H3. The Kier molecular flexibility index (Phi) is 8.03. The molecule has 7 nitrogen and oxygen atoms in total.